The van der Waals surface area contributed by atoms with Crippen molar-refractivity contribution in [2.24, 2.45) is 29.0 Å². The average Bonchev–Trinajstić information content (AvgIpc) is 3.26. The lowest BCUT2D eigenvalue weighted by molar-refractivity contribution is -0.140. The van der Waals surface area contributed by atoms with Crippen molar-refractivity contribution in [1.29, 1.82) is 0 Å². The molecule has 68 heavy (non-hydrogen) atoms. The molecule has 0 aromatic heterocycles. The molecule has 0 spiro atoms. The number of phenolic OH excluding ortho intramolecular Hbond substituents is 1. The predicted octanol–water partition coefficient (Wildman–Crippen LogP) is -4.56. The van der Waals surface area contributed by atoms with Gasteiger partial charge in [-0.05, 0) is 48.8 Å². The van der Waals surface area contributed by atoms with Gasteiger partial charge in [-0.15, -0.1) is 0 Å². The molecular formula is C43H66N12O13. The first kappa shape index (κ1) is 56.8. The van der Waals surface area contributed by atoms with Crippen molar-refractivity contribution in [3.63, 3.8) is 0 Å². The van der Waals surface area contributed by atoms with Crippen LogP contribution in [0.15, 0.2) is 24.3 Å². The molecule has 25 heteroatoms. The number of nitrogens with zero attached hydrogens (tertiary/aromatic N) is 1. The number of likely N-dealkylation sites (N-methyl/N-ethyl adjacent to an activating group) is 1. The molecule has 7 atom stereocenters. The number of rotatable bonds is 19. The van der Waals surface area contributed by atoms with E-state index in [4.69, 9.17) is 17.2 Å². The van der Waals surface area contributed by atoms with Crippen molar-refractivity contribution in [1.82, 2.24) is 47.4 Å². The van der Waals surface area contributed by atoms with E-state index in [0.717, 1.165) is 4.90 Å². The maximum absolute atomic E-state index is 14.0. The smallest absolute Gasteiger partial charge is 0.247 e. The van der Waals surface area contributed by atoms with Gasteiger partial charge >= 0.3 is 0 Å². The molecule has 1 aromatic carbocycles. The molecule has 1 aromatic rings. The largest absolute Gasteiger partial charge is 0.508 e. The van der Waals surface area contributed by atoms with E-state index >= 15 is 0 Å². The summed E-state index contributed by atoms with van der Waals surface area (Å²) in [5, 5.41) is 29.4. The molecule has 0 radical (unpaired) electrons. The van der Waals surface area contributed by atoms with Crippen LogP contribution >= 0.6 is 0 Å². The molecule has 1 aliphatic rings. The second-order valence-electron chi connectivity index (χ2n) is 17.0. The van der Waals surface area contributed by atoms with Crippen molar-refractivity contribution in [2.45, 2.75) is 122 Å². The Balaban J connectivity index is 2.59. The third-order valence-electron chi connectivity index (χ3n) is 10.7. The molecule has 376 valence electrons. The van der Waals surface area contributed by atoms with Gasteiger partial charge in [-0.2, -0.15) is 0 Å². The van der Waals surface area contributed by atoms with Crippen LogP contribution in [-0.4, -0.2) is 144 Å². The molecule has 1 heterocycles. The Kier molecular flexibility index (Phi) is 23.4. The number of phenols is 1. The van der Waals surface area contributed by atoms with Crippen LogP contribution in [0.25, 0.3) is 0 Å². The van der Waals surface area contributed by atoms with Gasteiger partial charge in [-0.25, -0.2) is 0 Å². The van der Waals surface area contributed by atoms with E-state index in [1.54, 1.807) is 13.8 Å². The lowest BCUT2D eigenvalue weighted by Crippen LogP contribution is -2.61. The highest BCUT2D eigenvalue weighted by Crippen LogP contribution is 2.15. The summed E-state index contributed by atoms with van der Waals surface area (Å²) >= 11 is 0. The third kappa shape index (κ3) is 20.4. The highest BCUT2D eigenvalue weighted by molar-refractivity contribution is 5.99. The summed E-state index contributed by atoms with van der Waals surface area (Å²) in [6.07, 6.45) is -1.94. The molecule has 0 unspecified atom stereocenters. The summed E-state index contributed by atoms with van der Waals surface area (Å²) in [6, 6.07) is -3.30. The molecule has 2 rings (SSSR count). The van der Waals surface area contributed by atoms with Crippen molar-refractivity contribution in [2.75, 3.05) is 26.7 Å². The van der Waals surface area contributed by atoms with Gasteiger partial charge in [0, 0.05) is 39.3 Å². The average molecular weight is 959 g/mol. The normalized spacial score (nSPS) is 20.9. The zero-order valence-electron chi connectivity index (χ0n) is 38.9. The van der Waals surface area contributed by atoms with Gasteiger partial charge in [-0.3, -0.25) is 57.5 Å². The molecule has 1 aliphatic heterocycles. The molecule has 0 bridgehead atoms. The van der Waals surface area contributed by atoms with Crippen molar-refractivity contribution in [3.8, 4) is 5.75 Å². The minimum absolute atomic E-state index is 0.0687. The molecule has 0 saturated carbocycles. The maximum Gasteiger partial charge on any atom is 0.247 e. The number of hydrogen-bond acceptors (Lipinski definition) is 13. The van der Waals surface area contributed by atoms with Gasteiger partial charge in [-0.1, -0.05) is 46.2 Å². The summed E-state index contributed by atoms with van der Waals surface area (Å²) in [6.45, 7) is 5.22. The molecule has 25 nitrogen and oxygen atoms in total. The Morgan fingerprint density at radius 3 is 1.94 bits per heavy atom. The number of benzene rings is 1. The Labute approximate surface area is 393 Å². The van der Waals surface area contributed by atoms with Crippen LogP contribution in [0.2, 0.25) is 0 Å². The second kappa shape index (κ2) is 28.0. The SMILES string of the molecule is CC[C@H](C)[C@@H]1NC(=O)[C@H](Cc2ccc(O)cc2)NC(=O)CCC(=O)NC[C@@H](C(=O)N(C)CC(=O)N[C@@H](CCC(C)C)C(=O)NCC(N)=O)NC(=O)[C@H](CC(N)=O)NC(=O)[C@H](CCC(N)=O)NC1=O. The Hall–Kier alpha value is -7.34. The van der Waals surface area contributed by atoms with E-state index in [-0.39, 0.29) is 24.5 Å². The van der Waals surface area contributed by atoms with Gasteiger partial charge in [0.1, 0.15) is 42.0 Å². The summed E-state index contributed by atoms with van der Waals surface area (Å²) in [5.74, 6) is -11.6. The second-order valence-corrected chi connectivity index (χ2v) is 17.0. The molecule has 12 amide bonds. The highest BCUT2D eigenvalue weighted by Gasteiger charge is 2.36. The summed E-state index contributed by atoms with van der Waals surface area (Å²) < 4.78 is 0. The van der Waals surface area contributed by atoms with Crippen LogP contribution in [0.1, 0.15) is 84.6 Å². The number of nitrogens with one attached hydrogen (secondary N) is 8. The van der Waals surface area contributed by atoms with E-state index in [1.807, 2.05) is 13.8 Å². The molecule has 15 N–H and O–H groups in total. The zero-order chi connectivity index (χ0) is 51.2. The standard InChI is InChI=1S/C43H66N12O13/c1-6-23(4)37-42(67)51-27(13-14-31(44)57)39(64)52-29(18-32(45)58)40(65)53-30(43(68)55(5)21-36(62)49-26(12-7-22(2)3)38(63)48-20-33(46)59)19-47-34(60)15-16-35(61)50-28(41(66)54-37)17-24-8-10-25(56)11-9-24/h8-11,22-23,26-30,37,56H,6-7,12-21H2,1-5H3,(H2,44,57)(H2,45,58)(H2,46,59)(H,47,60)(H,48,63)(H,49,62)(H,50,61)(H,51,67)(H,52,64)(H,53,65)(H,54,66)/t23-,26-,27-,28-,29-,30-,37-/m0/s1. The van der Waals surface area contributed by atoms with Gasteiger partial charge in [0.15, 0.2) is 0 Å². The fourth-order valence-corrected chi connectivity index (χ4v) is 6.67. The van der Waals surface area contributed by atoms with E-state index in [9.17, 15) is 62.6 Å². The van der Waals surface area contributed by atoms with E-state index in [1.165, 1.54) is 31.3 Å². The fourth-order valence-electron chi connectivity index (χ4n) is 6.67. The monoisotopic (exact) mass is 958 g/mol. The quantitative estimate of drug-likeness (QED) is 0.0623. The minimum atomic E-state index is -1.84. The molecule has 1 saturated heterocycles. The third-order valence-corrected chi connectivity index (χ3v) is 10.7. The van der Waals surface area contributed by atoms with Gasteiger partial charge in [0.25, 0.3) is 0 Å². The molecule has 0 aliphatic carbocycles. The maximum atomic E-state index is 14.0. The predicted molar refractivity (Wildman–Crippen MR) is 241 cm³/mol. The van der Waals surface area contributed by atoms with E-state index in [0.29, 0.717) is 18.4 Å². The number of hydrogen-bond donors (Lipinski definition) is 12. The van der Waals surface area contributed by atoms with Crippen LogP contribution < -0.4 is 59.7 Å². The number of nitrogens with two attached hydrogens (primary N) is 3. The Morgan fingerprint density at radius 2 is 1.35 bits per heavy atom. The number of carbonyl (C=O) groups is 12. The number of primary amides is 3. The Morgan fingerprint density at radius 1 is 0.750 bits per heavy atom. The zero-order valence-corrected chi connectivity index (χ0v) is 38.9. The first-order valence-electron chi connectivity index (χ1n) is 22.1. The minimum Gasteiger partial charge on any atom is -0.508 e. The van der Waals surface area contributed by atoms with Crippen LogP contribution in [0.5, 0.6) is 5.75 Å². The van der Waals surface area contributed by atoms with Gasteiger partial charge in [0.2, 0.25) is 70.9 Å². The molecular weight excluding hydrogens is 893 g/mol. The van der Waals surface area contributed by atoms with Crippen LogP contribution in [0, 0.1) is 11.8 Å². The summed E-state index contributed by atoms with van der Waals surface area (Å²) in [7, 11) is 1.17. The van der Waals surface area contributed by atoms with Crippen molar-refractivity contribution < 1.29 is 62.6 Å². The first-order chi connectivity index (χ1) is 31.9. The van der Waals surface area contributed by atoms with E-state index < -0.39 is 165 Å². The van der Waals surface area contributed by atoms with Crippen LogP contribution in [0.3, 0.4) is 0 Å². The van der Waals surface area contributed by atoms with E-state index in [2.05, 4.69) is 42.5 Å². The molecule has 1 fully saturated rings. The van der Waals surface area contributed by atoms with Gasteiger partial charge < -0.3 is 69.7 Å². The lowest BCUT2D eigenvalue weighted by Gasteiger charge is -2.29. The van der Waals surface area contributed by atoms with Crippen molar-refractivity contribution >= 4 is 70.9 Å². The number of amides is 12. The number of carbonyl (C=O) groups excluding carboxylic acids is 12. The summed E-state index contributed by atoms with van der Waals surface area (Å²) in [4.78, 5) is 159. The first-order valence-corrected chi connectivity index (χ1v) is 22.1. The van der Waals surface area contributed by atoms with Crippen molar-refractivity contribution in [3.05, 3.63) is 29.8 Å². The number of aromatic hydroxyl groups is 1. The fraction of sp³-hybridized carbons (Fsp3) is 0.581. The summed E-state index contributed by atoms with van der Waals surface area (Å²) in [5.41, 5.74) is 16.4. The topological polar surface area (TPSA) is 403 Å². The van der Waals surface area contributed by atoms with Crippen LogP contribution in [0.4, 0.5) is 0 Å². The van der Waals surface area contributed by atoms with Crippen LogP contribution in [-0.2, 0) is 64.0 Å². The van der Waals surface area contributed by atoms with Gasteiger partial charge in [0.05, 0.1) is 19.5 Å². The lowest BCUT2D eigenvalue weighted by atomic mass is 9.96. The Bertz CT molecular complexity index is 2020. The highest BCUT2D eigenvalue weighted by atomic mass is 16.3.